The van der Waals surface area contributed by atoms with Gasteiger partial charge in [-0.2, -0.15) is 0 Å². The van der Waals surface area contributed by atoms with Crippen LogP contribution in [-0.4, -0.2) is 20.8 Å². The van der Waals surface area contributed by atoms with Crippen LogP contribution in [0.2, 0.25) is 0 Å². The monoisotopic (exact) mass is 250 g/mol. The van der Waals surface area contributed by atoms with Gasteiger partial charge in [0.25, 0.3) is 5.56 Å². The van der Waals surface area contributed by atoms with E-state index >= 15 is 0 Å². The van der Waals surface area contributed by atoms with Crippen molar-refractivity contribution >= 4 is 16.5 Å². The zero-order valence-corrected chi connectivity index (χ0v) is 10.8. The molecule has 2 aromatic rings. The lowest BCUT2D eigenvalue weighted by atomic mass is 10.3. The van der Waals surface area contributed by atoms with Gasteiger partial charge in [-0.1, -0.05) is 11.3 Å². The lowest BCUT2D eigenvalue weighted by Crippen LogP contribution is -2.17. The molecule has 0 atom stereocenters. The number of anilines is 1. The molecule has 0 spiro atoms. The predicted octanol–water partition coefficient (Wildman–Crippen LogP) is 1.72. The third-order valence-corrected chi connectivity index (χ3v) is 3.08. The van der Waals surface area contributed by atoms with E-state index in [0.29, 0.717) is 16.6 Å². The summed E-state index contributed by atoms with van der Waals surface area (Å²) >= 11 is 1.39. The molecule has 1 N–H and O–H groups in total. The van der Waals surface area contributed by atoms with Gasteiger partial charge in [0.15, 0.2) is 5.01 Å². The molecule has 0 aliphatic carbocycles. The molecule has 0 saturated heterocycles. The first-order chi connectivity index (χ1) is 8.08. The molecule has 2 heterocycles. The Balaban J connectivity index is 2.37. The summed E-state index contributed by atoms with van der Waals surface area (Å²) in [5.41, 5.74) is 0.532. The van der Waals surface area contributed by atoms with Crippen LogP contribution in [-0.2, 0) is 7.05 Å². The molecule has 0 aliphatic heterocycles. The number of pyridine rings is 1. The maximum absolute atomic E-state index is 11.9. The Bertz CT molecular complexity index is 573. The second kappa shape index (κ2) is 4.67. The molecule has 0 fully saturated rings. The maximum Gasteiger partial charge on any atom is 0.260 e. The molecule has 17 heavy (non-hydrogen) atoms. The van der Waals surface area contributed by atoms with Crippen LogP contribution in [0.15, 0.2) is 23.1 Å². The first-order valence-corrected chi connectivity index (χ1v) is 6.15. The molecule has 2 aromatic heterocycles. The summed E-state index contributed by atoms with van der Waals surface area (Å²) < 4.78 is 1.53. The SMILES string of the molecule is CC(C)Nc1nnc(-c2cccn(C)c2=O)s1. The third kappa shape index (κ3) is 2.52. The first kappa shape index (κ1) is 11.8. The Hall–Kier alpha value is -1.69. The minimum Gasteiger partial charge on any atom is -0.358 e. The molecular weight excluding hydrogens is 236 g/mol. The Morgan fingerprint density at radius 3 is 2.88 bits per heavy atom. The molecule has 0 amide bonds. The van der Waals surface area contributed by atoms with Gasteiger partial charge in [0, 0.05) is 19.3 Å². The van der Waals surface area contributed by atoms with Crippen LogP contribution in [0.4, 0.5) is 5.13 Å². The summed E-state index contributed by atoms with van der Waals surface area (Å²) in [4.78, 5) is 11.9. The summed E-state index contributed by atoms with van der Waals surface area (Å²) in [6.07, 6.45) is 1.72. The average Bonchev–Trinajstić information content (AvgIpc) is 2.69. The lowest BCUT2D eigenvalue weighted by molar-refractivity contribution is 0.861. The molecule has 0 radical (unpaired) electrons. The average molecular weight is 250 g/mol. The van der Waals surface area contributed by atoms with Gasteiger partial charge in [-0.3, -0.25) is 4.79 Å². The minimum atomic E-state index is -0.0558. The number of nitrogens with zero attached hydrogens (tertiary/aromatic N) is 3. The topological polar surface area (TPSA) is 59.8 Å². The molecule has 90 valence electrons. The first-order valence-electron chi connectivity index (χ1n) is 5.34. The number of aryl methyl sites for hydroxylation is 1. The zero-order chi connectivity index (χ0) is 12.4. The van der Waals surface area contributed by atoms with Gasteiger partial charge in [-0.15, -0.1) is 10.2 Å². The molecule has 0 saturated carbocycles. The highest BCUT2D eigenvalue weighted by Gasteiger charge is 2.10. The van der Waals surface area contributed by atoms with E-state index < -0.39 is 0 Å². The van der Waals surface area contributed by atoms with Crippen molar-refractivity contribution in [3.63, 3.8) is 0 Å². The van der Waals surface area contributed by atoms with Gasteiger partial charge in [-0.25, -0.2) is 0 Å². The number of aromatic nitrogens is 3. The summed E-state index contributed by atoms with van der Waals surface area (Å²) in [5, 5.41) is 12.6. The van der Waals surface area contributed by atoms with Crippen molar-refractivity contribution in [1.29, 1.82) is 0 Å². The Morgan fingerprint density at radius 1 is 1.41 bits per heavy atom. The van der Waals surface area contributed by atoms with Crippen molar-refractivity contribution < 1.29 is 0 Å². The van der Waals surface area contributed by atoms with Crippen LogP contribution in [0.1, 0.15) is 13.8 Å². The van der Waals surface area contributed by atoms with Gasteiger partial charge in [0.1, 0.15) is 0 Å². The van der Waals surface area contributed by atoms with Crippen molar-refractivity contribution in [2.45, 2.75) is 19.9 Å². The predicted molar refractivity (Wildman–Crippen MR) is 69.3 cm³/mol. The molecule has 2 rings (SSSR count). The second-order valence-electron chi connectivity index (χ2n) is 4.05. The molecule has 6 heteroatoms. The lowest BCUT2D eigenvalue weighted by Gasteiger charge is -2.03. The summed E-state index contributed by atoms with van der Waals surface area (Å²) in [6, 6.07) is 3.89. The van der Waals surface area contributed by atoms with Gasteiger partial charge in [0.05, 0.1) is 5.56 Å². The van der Waals surface area contributed by atoms with Gasteiger partial charge < -0.3 is 9.88 Å². The van der Waals surface area contributed by atoms with Crippen molar-refractivity contribution in [1.82, 2.24) is 14.8 Å². The van der Waals surface area contributed by atoms with Crippen LogP contribution in [0.5, 0.6) is 0 Å². The third-order valence-electron chi connectivity index (χ3n) is 2.19. The van der Waals surface area contributed by atoms with Crippen molar-refractivity contribution in [3.05, 3.63) is 28.7 Å². The Labute approximate surface area is 103 Å². The smallest absolute Gasteiger partial charge is 0.260 e. The minimum absolute atomic E-state index is 0.0558. The van der Waals surface area contributed by atoms with Crippen LogP contribution < -0.4 is 10.9 Å². The fraction of sp³-hybridized carbons (Fsp3) is 0.364. The number of hydrogen-bond acceptors (Lipinski definition) is 5. The molecular formula is C11H14N4OS. The quantitative estimate of drug-likeness (QED) is 0.901. The van der Waals surface area contributed by atoms with Crippen LogP contribution in [0.3, 0.4) is 0 Å². The van der Waals surface area contributed by atoms with E-state index in [9.17, 15) is 4.79 Å². The maximum atomic E-state index is 11.9. The van der Waals surface area contributed by atoms with E-state index in [1.165, 1.54) is 15.9 Å². The summed E-state index contributed by atoms with van der Waals surface area (Å²) in [7, 11) is 1.72. The van der Waals surface area contributed by atoms with Crippen molar-refractivity contribution in [3.8, 4) is 10.6 Å². The van der Waals surface area contributed by atoms with Crippen molar-refractivity contribution in [2.75, 3.05) is 5.32 Å². The van der Waals surface area contributed by atoms with Gasteiger partial charge in [-0.05, 0) is 26.0 Å². The highest BCUT2D eigenvalue weighted by molar-refractivity contribution is 7.18. The number of nitrogens with one attached hydrogen (secondary N) is 1. The van der Waals surface area contributed by atoms with Gasteiger partial charge in [0.2, 0.25) is 5.13 Å². The highest BCUT2D eigenvalue weighted by atomic mass is 32.1. The standard InChI is InChI=1S/C11H14N4OS/c1-7(2)12-11-14-13-9(17-11)8-5-4-6-15(3)10(8)16/h4-7H,1-3H3,(H,12,14). The van der Waals surface area contributed by atoms with Crippen LogP contribution >= 0.6 is 11.3 Å². The second-order valence-corrected chi connectivity index (χ2v) is 5.03. The summed E-state index contributed by atoms with van der Waals surface area (Å²) in [6.45, 7) is 4.06. The fourth-order valence-electron chi connectivity index (χ4n) is 1.40. The number of hydrogen-bond donors (Lipinski definition) is 1. The number of rotatable bonds is 3. The van der Waals surface area contributed by atoms with Gasteiger partial charge >= 0.3 is 0 Å². The van der Waals surface area contributed by atoms with E-state index in [2.05, 4.69) is 15.5 Å². The van der Waals surface area contributed by atoms with E-state index in [1.54, 1.807) is 19.3 Å². The Kier molecular flexibility index (Phi) is 3.23. The zero-order valence-electron chi connectivity index (χ0n) is 9.97. The van der Waals surface area contributed by atoms with Crippen molar-refractivity contribution in [2.24, 2.45) is 7.05 Å². The normalized spacial score (nSPS) is 10.8. The molecule has 0 aromatic carbocycles. The molecule has 0 aliphatic rings. The fourth-order valence-corrected chi connectivity index (χ4v) is 2.30. The molecule has 5 nitrogen and oxygen atoms in total. The van der Waals surface area contributed by atoms with E-state index in [-0.39, 0.29) is 5.56 Å². The Morgan fingerprint density at radius 2 is 2.18 bits per heavy atom. The van der Waals surface area contributed by atoms with E-state index in [1.807, 2.05) is 19.9 Å². The van der Waals surface area contributed by atoms with Crippen LogP contribution in [0, 0.1) is 0 Å². The highest BCUT2D eigenvalue weighted by Crippen LogP contribution is 2.23. The van der Waals surface area contributed by atoms with E-state index in [4.69, 9.17) is 0 Å². The molecule has 0 bridgehead atoms. The van der Waals surface area contributed by atoms with Crippen LogP contribution in [0.25, 0.3) is 10.6 Å². The summed E-state index contributed by atoms with van der Waals surface area (Å²) in [5.74, 6) is 0. The molecule has 0 unspecified atom stereocenters. The van der Waals surface area contributed by atoms with E-state index in [0.717, 1.165) is 5.13 Å². The largest absolute Gasteiger partial charge is 0.358 e.